The van der Waals surface area contributed by atoms with Crippen molar-refractivity contribution < 1.29 is 19.8 Å². The Hall–Kier alpha value is -2.04. The molecule has 1 aliphatic carbocycles. The minimum atomic E-state index is -0.915. The summed E-state index contributed by atoms with van der Waals surface area (Å²) < 4.78 is 0. The first-order valence-corrected chi connectivity index (χ1v) is 6.32. The van der Waals surface area contributed by atoms with Gasteiger partial charge in [0.1, 0.15) is 0 Å². The van der Waals surface area contributed by atoms with Crippen LogP contribution in [0.3, 0.4) is 0 Å². The molecule has 2 aliphatic rings. The number of hydrogen-bond donors (Lipinski definition) is 2. The lowest BCUT2D eigenvalue weighted by Crippen LogP contribution is -2.31. The van der Waals surface area contributed by atoms with Crippen molar-refractivity contribution in [2.75, 3.05) is 13.1 Å². The molecule has 1 amide bonds. The van der Waals surface area contributed by atoms with E-state index in [2.05, 4.69) is 0 Å². The fraction of sp³-hybridized carbons (Fsp3) is 0.429. The van der Waals surface area contributed by atoms with Crippen molar-refractivity contribution in [1.82, 2.24) is 4.90 Å². The van der Waals surface area contributed by atoms with Crippen LogP contribution in [0, 0.1) is 5.41 Å². The van der Waals surface area contributed by atoms with Crippen molar-refractivity contribution in [3.8, 4) is 0 Å². The number of carboxylic acids is 1. The third-order valence-corrected chi connectivity index (χ3v) is 4.29. The molecule has 0 bridgehead atoms. The van der Waals surface area contributed by atoms with Gasteiger partial charge in [-0.25, -0.2) is 9.59 Å². The molecule has 0 unspecified atom stereocenters. The molecule has 1 heterocycles. The van der Waals surface area contributed by atoms with E-state index in [9.17, 15) is 9.59 Å². The Labute approximate surface area is 110 Å². The van der Waals surface area contributed by atoms with Crippen molar-refractivity contribution in [3.63, 3.8) is 0 Å². The van der Waals surface area contributed by atoms with E-state index in [-0.39, 0.29) is 5.41 Å². The quantitative estimate of drug-likeness (QED) is 0.808. The molecule has 5 nitrogen and oxygen atoms in total. The van der Waals surface area contributed by atoms with E-state index in [1.54, 1.807) is 12.1 Å². The number of fused-ring (bicyclic) bond motifs is 1. The lowest BCUT2D eigenvalue weighted by Gasteiger charge is -2.22. The lowest BCUT2D eigenvalue weighted by molar-refractivity contribution is 0.0696. The van der Waals surface area contributed by atoms with Crippen LogP contribution in [0.5, 0.6) is 0 Å². The second kappa shape index (κ2) is 3.98. The lowest BCUT2D eigenvalue weighted by atomic mass is 9.84. The van der Waals surface area contributed by atoms with E-state index in [1.165, 1.54) is 4.90 Å². The average Bonchev–Trinajstić information content (AvgIpc) is 2.91. The fourth-order valence-corrected chi connectivity index (χ4v) is 3.35. The number of hydrogen-bond acceptors (Lipinski definition) is 2. The van der Waals surface area contributed by atoms with Gasteiger partial charge in [-0.2, -0.15) is 0 Å². The molecule has 0 aromatic heterocycles. The molecule has 5 heteroatoms. The topological polar surface area (TPSA) is 77.8 Å². The van der Waals surface area contributed by atoms with Crippen LogP contribution in [-0.2, 0) is 12.8 Å². The summed E-state index contributed by atoms with van der Waals surface area (Å²) in [6.07, 6.45) is 1.63. The third kappa shape index (κ3) is 1.95. The molecule has 1 fully saturated rings. The normalized spacial score (nSPS) is 24.7. The predicted molar refractivity (Wildman–Crippen MR) is 67.5 cm³/mol. The summed E-state index contributed by atoms with van der Waals surface area (Å²) in [5.41, 5.74) is 2.52. The van der Waals surface area contributed by atoms with Gasteiger partial charge in [-0.3, -0.25) is 0 Å². The Morgan fingerprint density at radius 2 is 1.89 bits per heavy atom. The first-order valence-electron chi connectivity index (χ1n) is 6.32. The number of amides is 1. The molecular formula is C14H15NO4. The Kier molecular flexibility index (Phi) is 2.52. The van der Waals surface area contributed by atoms with Crippen molar-refractivity contribution >= 4 is 12.1 Å². The highest BCUT2D eigenvalue weighted by molar-refractivity contribution is 5.88. The summed E-state index contributed by atoms with van der Waals surface area (Å²) in [6, 6.07) is 5.23. The molecule has 100 valence electrons. The van der Waals surface area contributed by atoms with Gasteiger partial charge >= 0.3 is 12.1 Å². The van der Waals surface area contributed by atoms with E-state index in [1.807, 2.05) is 6.07 Å². The van der Waals surface area contributed by atoms with Crippen molar-refractivity contribution in [2.24, 2.45) is 5.41 Å². The number of nitrogens with zero attached hydrogens (tertiary/aromatic N) is 1. The van der Waals surface area contributed by atoms with Crippen LogP contribution in [-0.4, -0.2) is 40.3 Å². The van der Waals surface area contributed by atoms with Crippen LogP contribution in [0.25, 0.3) is 0 Å². The Balaban J connectivity index is 1.85. The van der Waals surface area contributed by atoms with Crippen LogP contribution in [0.4, 0.5) is 4.79 Å². The van der Waals surface area contributed by atoms with Gasteiger partial charge in [-0.15, -0.1) is 0 Å². The zero-order valence-electron chi connectivity index (χ0n) is 10.4. The van der Waals surface area contributed by atoms with Gasteiger partial charge < -0.3 is 15.1 Å². The van der Waals surface area contributed by atoms with Gasteiger partial charge in [0.2, 0.25) is 0 Å². The molecular weight excluding hydrogens is 246 g/mol. The standard InChI is InChI=1S/C14H15NO4/c16-12(17)9-1-2-10-6-14(7-11(10)5-9)3-4-15(8-14)13(18)19/h1-2,5H,3-4,6-8H2,(H,16,17)(H,18,19)/t14-/m0/s1. The van der Waals surface area contributed by atoms with Crippen molar-refractivity contribution in [3.05, 3.63) is 34.9 Å². The number of aromatic carboxylic acids is 1. The largest absolute Gasteiger partial charge is 0.478 e. The number of carboxylic acid groups (broad SMARTS) is 2. The molecule has 0 radical (unpaired) electrons. The minimum absolute atomic E-state index is 0.0160. The van der Waals surface area contributed by atoms with Gasteiger partial charge in [0.25, 0.3) is 0 Å². The summed E-state index contributed by atoms with van der Waals surface area (Å²) in [5, 5.41) is 18.0. The fourth-order valence-electron chi connectivity index (χ4n) is 3.35. The van der Waals surface area contributed by atoms with E-state index in [4.69, 9.17) is 10.2 Å². The zero-order valence-corrected chi connectivity index (χ0v) is 10.4. The predicted octanol–water partition coefficient (Wildman–Crippen LogP) is 1.85. The molecule has 1 spiro atoms. The molecule has 19 heavy (non-hydrogen) atoms. The summed E-state index contributed by atoms with van der Waals surface area (Å²) in [5.74, 6) is -0.915. The van der Waals surface area contributed by atoms with E-state index in [0.29, 0.717) is 18.7 Å². The highest BCUT2D eigenvalue weighted by Gasteiger charge is 2.44. The average molecular weight is 261 g/mol. The number of carbonyl (C=O) groups is 2. The number of likely N-dealkylation sites (tertiary alicyclic amines) is 1. The minimum Gasteiger partial charge on any atom is -0.478 e. The number of benzene rings is 1. The smallest absolute Gasteiger partial charge is 0.407 e. The van der Waals surface area contributed by atoms with Gasteiger partial charge in [-0.1, -0.05) is 6.07 Å². The first-order chi connectivity index (χ1) is 8.99. The highest BCUT2D eigenvalue weighted by Crippen LogP contribution is 2.44. The molecule has 3 rings (SSSR count). The first kappa shape index (κ1) is 12.0. The maximum absolute atomic E-state index is 11.0. The summed E-state index contributed by atoms with van der Waals surface area (Å²) in [7, 11) is 0. The maximum Gasteiger partial charge on any atom is 0.407 e. The summed E-state index contributed by atoms with van der Waals surface area (Å²) in [4.78, 5) is 23.4. The molecule has 1 aromatic rings. The highest BCUT2D eigenvalue weighted by atomic mass is 16.4. The maximum atomic E-state index is 11.0. The van der Waals surface area contributed by atoms with Gasteiger partial charge in [-0.05, 0) is 47.9 Å². The van der Waals surface area contributed by atoms with Gasteiger partial charge in [0.05, 0.1) is 5.56 Å². The molecule has 1 atom stereocenters. The van der Waals surface area contributed by atoms with Gasteiger partial charge in [0, 0.05) is 13.1 Å². The zero-order chi connectivity index (χ0) is 13.6. The monoisotopic (exact) mass is 261 g/mol. The molecule has 1 aromatic carbocycles. The van der Waals surface area contributed by atoms with Gasteiger partial charge in [0.15, 0.2) is 0 Å². The second-order valence-corrected chi connectivity index (χ2v) is 5.60. The van der Waals surface area contributed by atoms with Crippen LogP contribution >= 0.6 is 0 Å². The SMILES string of the molecule is O=C(O)c1ccc2c(c1)C[C@]1(CCN(C(=O)O)C1)C2. The molecule has 1 aliphatic heterocycles. The molecule has 2 N–H and O–H groups in total. The number of rotatable bonds is 1. The summed E-state index contributed by atoms with van der Waals surface area (Å²) >= 11 is 0. The van der Waals surface area contributed by atoms with E-state index < -0.39 is 12.1 Å². The van der Waals surface area contributed by atoms with Crippen molar-refractivity contribution in [2.45, 2.75) is 19.3 Å². The van der Waals surface area contributed by atoms with Crippen LogP contribution < -0.4 is 0 Å². The van der Waals surface area contributed by atoms with Crippen molar-refractivity contribution in [1.29, 1.82) is 0 Å². The Morgan fingerprint density at radius 3 is 2.53 bits per heavy atom. The van der Waals surface area contributed by atoms with E-state index in [0.717, 1.165) is 30.4 Å². The molecule has 1 saturated heterocycles. The van der Waals surface area contributed by atoms with Crippen LogP contribution in [0.2, 0.25) is 0 Å². The molecule has 0 saturated carbocycles. The Morgan fingerprint density at radius 1 is 1.16 bits per heavy atom. The second-order valence-electron chi connectivity index (χ2n) is 5.60. The van der Waals surface area contributed by atoms with Crippen LogP contribution in [0.1, 0.15) is 27.9 Å². The van der Waals surface area contributed by atoms with Crippen LogP contribution in [0.15, 0.2) is 18.2 Å². The van der Waals surface area contributed by atoms with E-state index >= 15 is 0 Å². The summed E-state index contributed by atoms with van der Waals surface area (Å²) in [6.45, 7) is 1.13. The Bertz CT molecular complexity index is 569. The third-order valence-electron chi connectivity index (χ3n) is 4.29.